The van der Waals surface area contributed by atoms with Crippen molar-refractivity contribution in [3.05, 3.63) is 65.2 Å². The van der Waals surface area contributed by atoms with Gasteiger partial charge in [-0.2, -0.15) is 0 Å². The molecule has 1 saturated carbocycles. The Balaban J connectivity index is 0.00000231. The fourth-order valence-corrected chi connectivity index (χ4v) is 5.19. The van der Waals surface area contributed by atoms with Gasteiger partial charge in [0, 0.05) is 6.04 Å². The number of fused-ring (bicyclic) bond motifs is 2. The summed E-state index contributed by atoms with van der Waals surface area (Å²) in [6.07, 6.45) is 2.96. The Bertz CT molecular complexity index is 1070. The van der Waals surface area contributed by atoms with Gasteiger partial charge < -0.3 is 14.8 Å². The number of amides is 3. The Morgan fingerprint density at radius 3 is 2.16 bits per heavy atom. The van der Waals surface area contributed by atoms with Crippen LogP contribution in [0.3, 0.4) is 0 Å². The number of imide groups is 1. The zero-order valence-corrected chi connectivity index (χ0v) is 20.2. The average Bonchev–Trinajstić information content (AvgIpc) is 3.41. The number of carbonyl (C=O) groups is 4. The Kier molecular flexibility index (Phi) is 6.20. The van der Waals surface area contributed by atoms with Gasteiger partial charge in [-0.1, -0.05) is 30.7 Å². The van der Waals surface area contributed by atoms with Crippen molar-refractivity contribution in [2.45, 2.75) is 37.8 Å². The molecule has 8 heteroatoms. The second kappa shape index (κ2) is 8.59. The van der Waals surface area contributed by atoms with Crippen molar-refractivity contribution in [3.63, 3.8) is 0 Å². The van der Waals surface area contributed by atoms with Gasteiger partial charge in [0.1, 0.15) is 0 Å². The predicted molar refractivity (Wildman–Crippen MR) is 105 cm³/mol. The first-order valence-electron chi connectivity index (χ1n) is 10.1. The molecule has 0 spiro atoms. The van der Waals surface area contributed by atoms with Gasteiger partial charge in [-0.3, -0.25) is 14.4 Å². The summed E-state index contributed by atoms with van der Waals surface area (Å²) in [5.41, 5.74) is 0.891. The molecule has 0 unspecified atom stereocenters. The number of likely N-dealkylation sites (tertiary alicyclic amines) is 1. The number of rotatable bonds is 3. The van der Waals surface area contributed by atoms with Crippen LogP contribution in [0.25, 0.3) is 0 Å². The number of carboxylic acid groups (broad SMARTS) is 1. The van der Waals surface area contributed by atoms with Crippen LogP contribution < -0.4 is 61.4 Å². The molecular formula is C23H19KN2O5. The first-order valence-corrected chi connectivity index (χ1v) is 10.1. The third-order valence-corrected chi connectivity index (χ3v) is 6.51. The number of carboxylic acids is 1. The molecule has 1 aliphatic carbocycles. The van der Waals surface area contributed by atoms with Crippen molar-refractivity contribution in [1.29, 1.82) is 0 Å². The van der Waals surface area contributed by atoms with Crippen LogP contribution in [0.1, 0.15) is 56.8 Å². The molecule has 3 amide bonds. The maximum atomic E-state index is 13.6. The molecule has 0 bridgehead atoms. The van der Waals surface area contributed by atoms with E-state index in [9.17, 15) is 24.3 Å². The van der Waals surface area contributed by atoms with Crippen LogP contribution in [-0.2, 0) is 4.79 Å². The van der Waals surface area contributed by atoms with E-state index in [0.717, 1.165) is 24.2 Å². The van der Waals surface area contributed by atoms with Gasteiger partial charge in [0.2, 0.25) is 0 Å². The summed E-state index contributed by atoms with van der Waals surface area (Å²) < 4.78 is 0. The monoisotopic (exact) mass is 442 g/mol. The van der Waals surface area contributed by atoms with Crippen LogP contribution in [0.5, 0.6) is 0 Å². The van der Waals surface area contributed by atoms with E-state index < -0.39 is 29.7 Å². The Hall–Kier alpha value is -1.84. The third-order valence-electron chi connectivity index (χ3n) is 6.51. The number of anilines is 1. The molecule has 2 aromatic carbocycles. The van der Waals surface area contributed by atoms with E-state index in [1.54, 1.807) is 42.5 Å². The van der Waals surface area contributed by atoms with E-state index in [2.05, 4.69) is 0 Å². The van der Waals surface area contributed by atoms with Crippen molar-refractivity contribution in [1.82, 2.24) is 4.90 Å². The summed E-state index contributed by atoms with van der Waals surface area (Å²) in [6.45, 7) is 0. The number of aliphatic carboxylic acids is 1. The van der Waals surface area contributed by atoms with Gasteiger partial charge in [0.15, 0.2) is 0 Å². The molecule has 0 aromatic heterocycles. The molecule has 0 radical (unpaired) electrons. The molecule has 3 atom stereocenters. The van der Waals surface area contributed by atoms with E-state index in [4.69, 9.17) is 0 Å². The molecule has 5 rings (SSSR count). The molecule has 7 nitrogen and oxygen atoms in total. The zero-order chi connectivity index (χ0) is 21.0. The van der Waals surface area contributed by atoms with Crippen molar-refractivity contribution in [3.8, 4) is 0 Å². The largest absolute Gasteiger partial charge is 1.00 e. The number of carbonyl (C=O) groups excluding carboxylic acids is 4. The molecule has 2 fully saturated rings. The van der Waals surface area contributed by atoms with Gasteiger partial charge in [-0.25, -0.2) is 4.90 Å². The maximum Gasteiger partial charge on any atom is 1.00 e. The number of nitrogens with zero attached hydrogens (tertiary/aromatic N) is 2. The van der Waals surface area contributed by atoms with Crippen LogP contribution in [0.2, 0.25) is 0 Å². The summed E-state index contributed by atoms with van der Waals surface area (Å²) in [6, 6.07) is 11.7. The number of benzene rings is 2. The van der Waals surface area contributed by atoms with Crippen molar-refractivity contribution in [2.24, 2.45) is 5.92 Å². The van der Waals surface area contributed by atoms with Crippen molar-refractivity contribution >= 4 is 29.4 Å². The normalized spacial score (nSPS) is 24.1. The second-order valence-electron chi connectivity index (χ2n) is 8.05. The van der Waals surface area contributed by atoms with E-state index in [1.807, 2.05) is 0 Å². The number of para-hydroxylation sites is 1. The van der Waals surface area contributed by atoms with Gasteiger partial charge >= 0.3 is 51.4 Å². The predicted octanol–water partition coefficient (Wildman–Crippen LogP) is -1.38. The van der Waals surface area contributed by atoms with Crippen LogP contribution in [-0.4, -0.2) is 40.7 Å². The first kappa shape index (κ1) is 22.4. The van der Waals surface area contributed by atoms with Crippen molar-refractivity contribution in [2.75, 3.05) is 4.90 Å². The summed E-state index contributed by atoms with van der Waals surface area (Å²) in [5, 5.41) is 11.7. The number of hydrogen-bond acceptors (Lipinski definition) is 5. The molecule has 31 heavy (non-hydrogen) atoms. The molecule has 152 valence electrons. The summed E-state index contributed by atoms with van der Waals surface area (Å²) >= 11 is 0. The van der Waals surface area contributed by atoms with E-state index >= 15 is 0 Å². The molecule has 2 heterocycles. The molecule has 1 saturated heterocycles. The minimum atomic E-state index is -1.27. The minimum absolute atomic E-state index is 0. The van der Waals surface area contributed by atoms with Crippen LogP contribution >= 0.6 is 0 Å². The molecule has 2 aromatic rings. The molecule has 2 aliphatic heterocycles. The molecular weight excluding hydrogens is 423 g/mol. The van der Waals surface area contributed by atoms with Crippen LogP contribution in [0.15, 0.2) is 48.5 Å². The van der Waals surface area contributed by atoms with Gasteiger partial charge in [-0.15, -0.1) is 0 Å². The SMILES string of the molecule is O=C([O-])[C@@H]1C[C@@H]2CCC[C@@H]2N1C(=O)c1ccccc1N1C(=O)c2ccccc2C1=O.[K+]. The fourth-order valence-electron chi connectivity index (χ4n) is 5.19. The van der Waals surface area contributed by atoms with Gasteiger partial charge in [0.05, 0.1) is 34.4 Å². The minimum Gasteiger partial charge on any atom is -0.548 e. The van der Waals surface area contributed by atoms with E-state index in [1.165, 1.54) is 11.0 Å². The maximum absolute atomic E-state index is 13.6. The Morgan fingerprint density at radius 1 is 0.903 bits per heavy atom. The first-order chi connectivity index (χ1) is 14.5. The summed E-state index contributed by atoms with van der Waals surface area (Å²) in [4.78, 5) is 53.6. The Morgan fingerprint density at radius 2 is 1.52 bits per heavy atom. The van der Waals surface area contributed by atoms with Crippen LogP contribution in [0.4, 0.5) is 5.69 Å². The van der Waals surface area contributed by atoms with Crippen LogP contribution in [0, 0.1) is 5.92 Å². The van der Waals surface area contributed by atoms with Gasteiger partial charge in [-0.05, 0) is 49.4 Å². The third kappa shape index (κ3) is 3.50. The Labute approximate surface area is 221 Å². The smallest absolute Gasteiger partial charge is 0.548 e. The second-order valence-corrected chi connectivity index (χ2v) is 8.05. The standard InChI is InChI=1S/C23H20N2O5.K/c26-20-14-7-1-2-8-15(14)21(27)25(20)18-10-4-3-9-16(18)22(28)24-17-11-5-6-13(17)12-19(24)23(29)30;/h1-4,7-10,13,17,19H,5-6,11-12H2,(H,29,30);/q;+1/p-1/t13-,17-,19-;/m0./s1. The van der Waals surface area contributed by atoms with E-state index in [-0.39, 0.29) is 85.7 Å². The summed E-state index contributed by atoms with van der Waals surface area (Å²) in [5.74, 6) is -2.59. The summed E-state index contributed by atoms with van der Waals surface area (Å²) in [7, 11) is 0. The topological polar surface area (TPSA) is 97.8 Å². The quantitative estimate of drug-likeness (QED) is 0.431. The van der Waals surface area contributed by atoms with Crippen molar-refractivity contribution < 1.29 is 75.7 Å². The van der Waals surface area contributed by atoms with E-state index in [0.29, 0.717) is 6.42 Å². The average molecular weight is 443 g/mol. The zero-order valence-electron chi connectivity index (χ0n) is 17.1. The molecule has 0 N–H and O–H groups in total. The number of hydrogen-bond donors (Lipinski definition) is 0. The molecule has 3 aliphatic rings. The fraction of sp³-hybridized carbons (Fsp3) is 0.304. The van der Waals surface area contributed by atoms with Gasteiger partial charge in [0.25, 0.3) is 17.7 Å².